The van der Waals surface area contributed by atoms with Crippen LogP contribution in [0.3, 0.4) is 0 Å². The summed E-state index contributed by atoms with van der Waals surface area (Å²) in [7, 11) is 1.73. The van der Waals surface area contributed by atoms with E-state index in [9.17, 15) is 9.59 Å². The molecule has 1 fully saturated rings. The van der Waals surface area contributed by atoms with E-state index in [1.807, 2.05) is 48.5 Å². The van der Waals surface area contributed by atoms with Crippen molar-refractivity contribution in [2.24, 2.45) is 0 Å². The van der Waals surface area contributed by atoms with Gasteiger partial charge >= 0.3 is 5.97 Å². The standard InChI is InChI=1S/C25H30ClN3O2S.C10H7ClO2S/c1-31-23-7-3-2-6-22(23)29-14-12-28(13-15-29)11-5-4-10-27-25(30)20-16-19-17-21(26)8-9-24(19)32-18-20;11-8-1-2-9-6(4-8)3-7(5-14-9)10(12)13/h2-3,6-9,16-17H,4-5,10-15,18H2,1H3,(H,27,30);1-4H,5H2,(H,12,13). The number of rotatable bonds is 9. The number of carboxylic acids is 1. The number of carbonyl (C=O) groups excluding carboxylic acids is 1. The maximum atomic E-state index is 12.5. The number of aliphatic carboxylic acids is 1. The van der Waals surface area contributed by atoms with Crippen molar-refractivity contribution in [3.05, 3.63) is 93.0 Å². The first-order chi connectivity index (χ1) is 22.3. The van der Waals surface area contributed by atoms with Gasteiger partial charge in [0, 0.05) is 75.2 Å². The molecule has 0 radical (unpaired) electrons. The third-order valence-corrected chi connectivity index (χ3v) is 10.7. The maximum Gasteiger partial charge on any atom is 0.332 e. The Kier molecular flexibility index (Phi) is 12.4. The molecule has 1 saturated heterocycles. The smallest absolute Gasteiger partial charge is 0.332 e. The SMILES string of the molecule is COc1ccccc1N1CCN(CCCCNC(=O)C2=Cc3cc(Cl)ccc3SC2)CC1.O=C(O)C1=Cc2cc(Cl)ccc2SC1. The van der Waals surface area contributed by atoms with Crippen molar-refractivity contribution >= 4 is 76.4 Å². The van der Waals surface area contributed by atoms with Gasteiger partial charge in [-0.2, -0.15) is 0 Å². The number of fused-ring (bicyclic) bond motifs is 2. The van der Waals surface area contributed by atoms with E-state index in [1.54, 1.807) is 31.0 Å². The zero-order valence-electron chi connectivity index (χ0n) is 25.6. The first kappa shape index (κ1) is 34.3. The number of nitrogens with zero attached hydrogens (tertiary/aromatic N) is 2. The van der Waals surface area contributed by atoms with Gasteiger partial charge in [-0.05, 0) is 91.2 Å². The molecular formula is C35H37Cl2N3O4S2. The van der Waals surface area contributed by atoms with Crippen molar-refractivity contribution in [3.8, 4) is 5.75 Å². The molecule has 0 aliphatic carbocycles. The molecule has 11 heteroatoms. The van der Waals surface area contributed by atoms with E-state index in [0.717, 1.165) is 72.9 Å². The van der Waals surface area contributed by atoms with Crippen molar-refractivity contribution in [2.45, 2.75) is 22.6 Å². The van der Waals surface area contributed by atoms with E-state index < -0.39 is 5.97 Å². The minimum absolute atomic E-state index is 0.0357. The molecule has 0 unspecified atom stereocenters. The largest absolute Gasteiger partial charge is 0.495 e. The molecular weight excluding hydrogens is 661 g/mol. The zero-order valence-corrected chi connectivity index (χ0v) is 28.8. The fourth-order valence-electron chi connectivity index (χ4n) is 5.43. The molecule has 46 heavy (non-hydrogen) atoms. The number of halogens is 2. The molecule has 0 saturated carbocycles. The molecule has 0 spiro atoms. The van der Waals surface area contributed by atoms with Crippen molar-refractivity contribution in [1.82, 2.24) is 10.2 Å². The summed E-state index contributed by atoms with van der Waals surface area (Å²) in [4.78, 5) is 30.4. The van der Waals surface area contributed by atoms with E-state index in [-0.39, 0.29) is 5.91 Å². The molecule has 0 aromatic heterocycles. The number of thioether (sulfide) groups is 2. The van der Waals surface area contributed by atoms with E-state index in [4.69, 9.17) is 33.0 Å². The third-order valence-electron chi connectivity index (χ3n) is 7.92. The van der Waals surface area contributed by atoms with Gasteiger partial charge in [-0.1, -0.05) is 35.3 Å². The van der Waals surface area contributed by atoms with Crippen molar-refractivity contribution in [1.29, 1.82) is 0 Å². The lowest BCUT2D eigenvalue weighted by atomic mass is 10.1. The van der Waals surface area contributed by atoms with Crippen LogP contribution < -0.4 is 15.0 Å². The number of hydrogen-bond donors (Lipinski definition) is 2. The van der Waals surface area contributed by atoms with Gasteiger partial charge < -0.3 is 20.1 Å². The molecule has 3 aromatic carbocycles. The van der Waals surface area contributed by atoms with Gasteiger partial charge in [-0.15, -0.1) is 23.5 Å². The van der Waals surface area contributed by atoms with Crippen LogP contribution in [0.1, 0.15) is 24.0 Å². The highest BCUT2D eigenvalue weighted by Crippen LogP contribution is 2.34. The molecule has 242 valence electrons. The van der Waals surface area contributed by atoms with Crippen LogP contribution >= 0.6 is 46.7 Å². The highest BCUT2D eigenvalue weighted by Gasteiger charge is 2.20. The maximum absolute atomic E-state index is 12.5. The summed E-state index contributed by atoms with van der Waals surface area (Å²) in [5, 5.41) is 13.2. The average Bonchev–Trinajstić information content (AvgIpc) is 3.07. The number of amides is 1. The fourth-order valence-corrected chi connectivity index (χ4v) is 7.73. The zero-order chi connectivity index (χ0) is 32.5. The topological polar surface area (TPSA) is 82.1 Å². The number of carboxylic acid groups (broad SMARTS) is 1. The summed E-state index contributed by atoms with van der Waals surface area (Å²) in [5.41, 5.74) is 4.34. The van der Waals surface area contributed by atoms with E-state index >= 15 is 0 Å². The Morgan fingerprint density at radius 3 is 2.09 bits per heavy atom. The van der Waals surface area contributed by atoms with Gasteiger partial charge in [0.25, 0.3) is 0 Å². The normalized spacial score (nSPS) is 15.8. The number of piperazine rings is 1. The average molecular weight is 699 g/mol. The lowest BCUT2D eigenvalue weighted by Gasteiger charge is -2.36. The summed E-state index contributed by atoms with van der Waals surface area (Å²) < 4.78 is 5.50. The van der Waals surface area contributed by atoms with E-state index in [0.29, 0.717) is 33.7 Å². The highest BCUT2D eigenvalue weighted by atomic mass is 35.5. The van der Waals surface area contributed by atoms with Gasteiger partial charge in [0.2, 0.25) is 5.91 Å². The molecule has 2 N–H and O–H groups in total. The van der Waals surface area contributed by atoms with Gasteiger partial charge in [0.1, 0.15) is 5.75 Å². The Hall–Kier alpha value is -3.08. The summed E-state index contributed by atoms with van der Waals surface area (Å²) in [6, 6.07) is 19.6. The number of ether oxygens (including phenoxy) is 1. The Morgan fingerprint density at radius 1 is 0.848 bits per heavy atom. The molecule has 0 bridgehead atoms. The first-order valence-corrected chi connectivity index (χ1v) is 17.9. The van der Waals surface area contributed by atoms with E-state index in [2.05, 4.69) is 27.2 Å². The lowest BCUT2D eigenvalue weighted by Crippen LogP contribution is -2.46. The number of carbonyl (C=O) groups is 2. The number of hydrogen-bond acceptors (Lipinski definition) is 7. The van der Waals surface area contributed by atoms with Crippen molar-refractivity contribution in [2.75, 3.05) is 62.8 Å². The second kappa shape index (κ2) is 16.7. The number of unbranched alkanes of at least 4 members (excludes halogenated alkanes) is 1. The second-order valence-corrected chi connectivity index (χ2v) is 14.0. The number of anilines is 1. The third kappa shape index (κ3) is 9.26. The van der Waals surface area contributed by atoms with Gasteiger partial charge in [0.15, 0.2) is 0 Å². The summed E-state index contributed by atoms with van der Waals surface area (Å²) in [6.45, 7) is 5.90. The number of para-hydroxylation sites is 2. The van der Waals surface area contributed by atoms with Crippen LogP contribution in [-0.2, 0) is 9.59 Å². The minimum Gasteiger partial charge on any atom is -0.495 e. The summed E-state index contributed by atoms with van der Waals surface area (Å²) in [5.74, 6) is 1.34. The Labute approximate surface area is 289 Å². The van der Waals surface area contributed by atoms with Crippen molar-refractivity contribution < 1.29 is 19.4 Å². The van der Waals surface area contributed by atoms with Crippen LogP contribution in [0, 0.1) is 0 Å². The van der Waals surface area contributed by atoms with Crippen LogP contribution in [0.25, 0.3) is 12.2 Å². The van der Waals surface area contributed by atoms with Gasteiger partial charge in [-0.25, -0.2) is 4.79 Å². The van der Waals surface area contributed by atoms with Gasteiger partial charge in [-0.3, -0.25) is 9.69 Å². The van der Waals surface area contributed by atoms with Crippen LogP contribution in [0.15, 0.2) is 81.6 Å². The minimum atomic E-state index is -0.858. The molecule has 3 aliphatic rings. The Balaban J connectivity index is 0.000000247. The number of benzene rings is 3. The predicted molar refractivity (Wildman–Crippen MR) is 192 cm³/mol. The number of methoxy groups -OCH3 is 1. The summed E-state index contributed by atoms with van der Waals surface area (Å²) >= 11 is 15.1. The predicted octanol–water partition coefficient (Wildman–Crippen LogP) is 7.47. The molecule has 1 amide bonds. The molecule has 6 rings (SSSR count). The van der Waals surface area contributed by atoms with Gasteiger partial charge in [0.05, 0.1) is 12.8 Å². The molecule has 7 nitrogen and oxygen atoms in total. The first-order valence-electron chi connectivity index (χ1n) is 15.2. The number of nitrogens with one attached hydrogen (secondary N) is 1. The van der Waals surface area contributed by atoms with Crippen LogP contribution in [0.4, 0.5) is 5.69 Å². The quantitative estimate of drug-likeness (QED) is 0.223. The van der Waals surface area contributed by atoms with Crippen LogP contribution in [-0.4, -0.2) is 79.8 Å². The highest BCUT2D eigenvalue weighted by molar-refractivity contribution is 8.00. The fraction of sp³-hybridized carbons (Fsp3) is 0.314. The molecule has 3 heterocycles. The molecule has 0 atom stereocenters. The van der Waals surface area contributed by atoms with Crippen LogP contribution in [0.5, 0.6) is 5.75 Å². The monoisotopic (exact) mass is 697 g/mol. The van der Waals surface area contributed by atoms with Crippen molar-refractivity contribution in [3.63, 3.8) is 0 Å². The molecule has 3 aromatic rings. The Morgan fingerprint density at radius 2 is 1.46 bits per heavy atom. The molecule has 3 aliphatic heterocycles. The summed E-state index contributed by atoms with van der Waals surface area (Å²) in [6.07, 6.45) is 5.72. The van der Waals surface area contributed by atoms with E-state index in [1.165, 1.54) is 22.3 Å². The Bertz CT molecular complexity index is 1620. The lowest BCUT2D eigenvalue weighted by molar-refractivity contribution is -0.132. The van der Waals surface area contributed by atoms with Crippen LogP contribution in [0.2, 0.25) is 10.0 Å². The second-order valence-electron chi connectivity index (χ2n) is 11.0.